The van der Waals surface area contributed by atoms with Crippen LogP contribution in [0.3, 0.4) is 0 Å². The van der Waals surface area contributed by atoms with Gasteiger partial charge >= 0.3 is 11.7 Å². The molecule has 0 spiro atoms. The Kier molecular flexibility index (Phi) is 4.52. The minimum Gasteiger partial charge on any atom is -0.462 e. The maximum absolute atomic E-state index is 14.1. The summed E-state index contributed by atoms with van der Waals surface area (Å²) in [5.74, 6) is -1.25. The van der Waals surface area contributed by atoms with Crippen LogP contribution in [0.1, 0.15) is 23.0 Å². The summed E-state index contributed by atoms with van der Waals surface area (Å²) in [4.78, 5) is 29.8. The van der Waals surface area contributed by atoms with Crippen molar-refractivity contribution in [3.8, 4) is 11.3 Å². The zero-order valence-electron chi connectivity index (χ0n) is 11.4. The summed E-state index contributed by atoms with van der Waals surface area (Å²) in [6.45, 7) is 3.36. The average molecular weight is 355 g/mol. The Balaban J connectivity index is 2.79. The van der Waals surface area contributed by atoms with Crippen molar-refractivity contribution in [3.05, 3.63) is 50.2 Å². The molecule has 1 aromatic heterocycles. The van der Waals surface area contributed by atoms with Gasteiger partial charge in [-0.1, -0.05) is 6.07 Å². The number of H-pyrrole nitrogens is 1. The van der Waals surface area contributed by atoms with Crippen molar-refractivity contribution in [3.63, 3.8) is 0 Å². The van der Waals surface area contributed by atoms with Gasteiger partial charge < -0.3 is 9.72 Å². The number of halogens is 2. The molecule has 0 unspecified atom stereocenters. The third-order valence-electron chi connectivity index (χ3n) is 2.80. The topological polar surface area (TPSA) is 72.0 Å². The molecule has 0 saturated heterocycles. The molecule has 5 nitrogen and oxygen atoms in total. The summed E-state index contributed by atoms with van der Waals surface area (Å²) in [7, 11) is 0. The van der Waals surface area contributed by atoms with Crippen LogP contribution in [0, 0.1) is 12.7 Å². The van der Waals surface area contributed by atoms with Gasteiger partial charge in [0.1, 0.15) is 11.4 Å². The van der Waals surface area contributed by atoms with E-state index in [1.54, 1.807) is 13.0 Å². The quantitative estimate of drug-likeness (QED) is 0.860. The summed E-state index contributed by atoms with van der Waals surface area (Å²) in [5.41, 5.74) is -0.332. The van der Waals surface area contributed by atoms with Crippen LogP contribution in [0.5, 0.6) is 0 Å². The van der Waals surface area contributed by atoms with Crippen molar-refractivity contribution in [2.45, 2.75) is 13.8 Å². The third-order valence-corrected chi connectivity index (χ3v) is 3.46. The molecule has 0 atom stereocenters. The van der Waals surface area contributed by atoms with Gasteiger partial charge in [-0.05, 0) is 41.9 Å². The first-order valence-electron chi connectivity index (χ1n) is 6.18. The van der Waals surface area contributed by atoms with Crippen LogP contribution in [0.25, 0.3) is 11.3 Å². The lowest BCUT2D eigenvalue weighted by atomic mass is 10.0. The Morgan fingerprint density at radius 1 is 1.48 bits per heavy atom. The number of carbonyl (C=O) groups excluding carboxylic acids is 1. The van der Waals surface area contributed by atoms with E-state index in [1.165, 1.54) is 19.1 Å². The van der Waals surface area contributed by atoms with Crippen LogP contribution < -0.4 is 5.69 Å². The molecule has 0 aliphatic carbocycles. The van der Waals surface area contributed by atoms with Crippen LogP contribution in [0.15, 0.2) is 27.5 Å². The minimum atomic E-state index is -0.663. The Morgan fingerprint density at radius 2 is 2.19 bits per heavy atom. The highest BCUT2D eigenvalue weighted by atomic mass is 79.9. The summed E-state index contributed by atoms with van der Waals surface area (Å²) in [5, 5.41) is 0. The number of nitrogens with one attached hydrogen (secondary N) is 1. The van der Waals surface area contributed by atoms with E-state index < -0.39 is 17.5 Å². The van der Waals surface area contributed by atoms with Gasteiger partial charge in [0.15, 0.2) is 0 Å². The van der Waals surface area contributed by atoms with E-state index in [2.05, 4.69) is 25.9 Å². The fourth-order valence-corrected chi connectivity index (χ4v) is 2.47. The Hall–Kier alpha value is -2.02. The molecule has 0 radical (unpaired) electrons. The molecular formula is C14H12BrFN2O3. The molecule has 110 valence electrons. The Bertz CT molecular complexity index is 738. The summed E-state index contributed by atoms with van der Waals surface area (Å²) in [6, 6.07) is 4.34. The van der Waals surface area contributed by atoms with Crippen molar-refractivity contribution in [1.82, 2.24) is 9.97 Å². The van der Waals surface area contributed by atoms with Crippen molar-refractivity contribution in [1.29, 1.82) is 0 Å². The van der Waals surface area contributed by atoms with Gasteiger partial charge in [0.25, 0.3) is 0 Å². The first kappa shape index (κ1) is 15.4. The lowest BCUT2D eigenvalue weighted by Gasteiger charge is -2.12. The average Bonchev–Trinajstić information content (AvgIpc) is 2.37. The molecular weight excluding hydrogens is 343 g/mol. The minimum absolute atomic E-state index is 0.0420. The molecule has 0 aliphatic heterocycles. The van der Waals surface area contributed by atoms with Crippen LogP contribution in [0.4, 0.5) is 4.39 Å². The number of hydrogen-bond donors (Lipinski definition) is 1. The fraction of sp³-hybridized carbons (Fsp3) is 0.214. The molecule has 21 heavy (non-hydrogen) atoms. The van der Waals surface area contributed by atoms with Gasteiger partial charge in [-0.2, -0.15) is 4.98 Å². The zero-order valence-corrected chi connectivity index (χ0v) is 13.0. The summed E-state index contributed by atoms with van der Waals surface area (Å²) in [6.07, 6.45) is 0. The predicted octanol–water partition coefficient (Wildman–Crippen LogP) is 2.82. The molecule has 0 bridgehead atoms. The number of hydrogen-bond acceptors (Lipinski definition) is 4. The first-order chi connectivity index (χ1) is 9.95. The lowest BCUT2D eigenvalue weighted by molar-refractivity contribution is 0.0525. The molecule has 1 aromatic carbocycles. The smallest absolute Gasteiger partial charge is 0.345 e. The number of benzene rings is 1. The van der Waals surface area contributed by atoms with Gasteiger partial charge in [-0.25, -0.2) is 14.0 Å². The standard InChI is InChI=1S/C14H12BrFN2O3/c1-3-21-13(19)10-7(2)17-14(20)18-12(10)11-8(15)5-4-6-9(11)16/h4-6H,3H2,1-2H3,(H,17,18,20). The van der Waals surface area contributed by atoms with E-state index in [9.17, 15) is 14.0 Å². The number of nitrogens with zero attached hydrogens (tertiary/aromatic N) is 1. The van der Waals surface area contributed by atoms with Crippen molar-refractivity contribution < 1.29 is 13.9 Å². The van der Waals surface area contributed by atoms with E-state index >= 15 is 0 Å². The molecule has 1 N–H and O–H groups in total. The SMILES string of the molecule is CCOC(=O)c1c(-c2c(F)cccc2Br)nc(=O)[nH]c1C. The Labute approximate surface area is 128 Å². The number of aryl methyl sites for hydroxylation is 1. The van der Waals surface area contributed by atoms with Crippen LogP contribution in [0.2, 0.25) is 0 Å². The third kappa shape index (κ3) is 3.02. The number of aromatic nitrogens is 2. The van der Waals surface area contributed by atoms with E-state index in [0.717, 1.165) is 0 Å². The molecule has 0 aliphatic rings. The van der Waals surface area contributed by atoms with Gasteiger partial charge in [0, 0.05) is 10.2 Å². The molecule has 2 aromatic rings. The molecule has 0 saturated carbocycles. The normalized spacial score (nSPS) is 10.5. The van der Waals surface area contributed by atoms with Crippen LogP contribution >= 0.6 is 15.9 Å². The van der Waals surface area contributed by atoms with Gasteiger partial charge in [0.2, 0.25) is 0 Å². The number of rotatable bonds is 3. The maximum Gasteiger partial charge on any atom is 0.345 e. The van der Waals surface area contributed by atoms with E-state index in [0.29, 0.717) is 4.47 Å². The highest BCUT2D eigenvalue weighted by Crippen LogP contribution is 2.32. The van der Waals surface area contributed by atoms with Gasteiger partial charge in [0.05, 0.1) is 17.9 Å². The number of esters is 1. The van der Waals surface area contributed by atoms with Crippen molar-refractivity contribution in [2.75, 3.05) is 6.61 Å². The largest absolute Gasteiger partial charge is 0.462 e. The molecule has 0 fully saturated rings. The molecule has 0 amide bonds. The summed E-state index contributed by atoms with van der Waals surface area (Å²) < 4.78 is 19.4. The maximum atomic E-state index is 14.1. The molecule has 7 heteroatoms. The highest BCUT2D eigenvalue weighted by molar-refractivity contribution is 9.10. The summed E-state index contributed by atoms with van der Waals surface area (Å²) >= 11 is 3.21. The second kappa shape index (κ2) is 6.17. The number of ether oxygens (including phenoxy) is 1. The fourth-order valence-electron chi connectivity index (χ4n) is 1.94. The predicted molar refractivity (Wildman–Crippen MR) is 78.6 cm³/mol. The molecule has 1 heterocycles. The highest BCUT2D eigenvalue weighted by Gasteiger charge is 2.23. The van der Waals surface area contributed by atoms with Gasteiger partial charge in [-0.3, -0.25) is 0 Å². The van der Waals surface area contributed by atoms with Crippen molar-refractivity contribution >= 4 is 21.9 Å². The lowest BCUT2D eigenvalue weighted by Crippen LogP contribution is -2.20. The zero-order chi connectivity index (χ0) is 15.6. The second-order valence-electron chi connectivity index (χ2n) is 4.21. The molecule has 2 rings (SSSR count). The Morgan fingerprint density at radius 3 is 2.81 bits per heavy atom. The number of aromatic amines is 1. The first-order valence-corrected chi connectivity index (χ1v) is 6.97. The van der Waals surface area contributed by atoms with Gasteiger partial charge in [-0.15, -0.1) is 0 Å². The van der Waals surface area contributed by atoms with E-state index in [4.69, 9.17) is 4.74 Å². The van der Waals surface area contributed by atoms with Crippen LogP contribution in [-0.2, 0) is 4.74 Å². The number of carbonyl (C=O) groups is 1. The van der Waals surface area contributed by atoms with E-state index in [-0.39, 0.29) is 29.1 Å². The monoisotopic (exact) mass is 354 g/mol. The van der Waals surface area contributed by atoms with Crippen LogP contribution in [-0.4, -0.2) is 22.5 Å². The second-order valence-corrected chi connectivity index (χ2v) is 5.06. The van der Waals surface area contributed by atoms with E-state index in [1.807, 2.05) is 0 Å². The van der Waals surface area contributed by atoms with Crippen molar-refractivity contribution in [2.24, 2.45) is 0 Å².